The smallest absolute Gasteiger partial charge is 0.326 e. The van der Waals surface area contributed by atoms with Crippen LogP contribution in [-0.2, 0) is 35.2 Å². The molecule has 4 atom stereocenters. The first-order chi connectivity index (χ1) is 17.8. The number of aliphatic carboxylic acids is 3. The molecule has 1 aromatic carbocycles. The van der Waals surface area contributed by atoms with Crippen LogP contribution >= 0.6 is 0 Å². The van der Waals surface area contributed by atoms with E-state index in [1.54, 1.807) is 0 Å². The molecule has 0 aliphatic heterocycles. The van der Waals surface area contributed by atoms with E-state index in [4.69, 9.17) is 16.6 Å². The maximum absolute atomic E-state index is 12.9. The van der Waals surface area contributed by atoms with E-state index in [0.717, 1.165) is 0 Å². The monoisotopic (exact) mass is 539 g/mol. The zero-order valence-corrected chi connectivity index (χ0v) is 20.5. The summed E-state index contributed by atoms with van der Waals surface area (Å²) in [6.07, 6.45) is -0.956. The number of carboxylic acids is 3. The Morgan fingerprint density at radius 3 is 1.79 bits per heavy atom. The fourth-order valence-electron chi connectivity index (χ4n) is 3.32. The van der Waals surface area contributed by atoms with Crippen molar-refractivity contribution < 1.29 is 49.2 Å². The molecule has 3 amide bonds. The van der Waals surface area contributed by atoms with E-state index in [2.05, 4.69) is 16.0 Å². The number of phenols is 1. The second kappa shape index (κ2) is 15.8. The fraction of sp³-hybridized carbons (Fsp3) is 0.478. The predicted octanol–water partition coefficient (Wildman–Crippen LogP) is -2.12. The molecule has 38 heavy (non-hydrogen) atoms. The van der Waals surface area contributed by atoms with Crippen LogP contribution in [0.4, 0.5) is 0 Å². The zero-order valence-electron chi connectivity index (χ0n) is 20.5. The van der Waals surface area contributed by atoms with Crippen molar-refractivity contribution in [2.75, 3.05) is 6.54 Å². The van der Waals surface area contributed by atoms with Crippen molar-refractivity contribution in [2.45, 2.75) is 62.7 Å². The average Bonchev–Trinajstić information content (AvgIpc) is 2.82. The lowest BCUT2D eigenvalue weighted by Crippen LogP contribution is -2.57. The van der Waals surface area contributed by atoms with E-state index in [1.807, 2.05) is 0 Å². The van der Waals surface area contributed by atoms with Crippen molar-refractivity contribution in [1.82, 2.24) is 16.0 Å². The summed E-state index contributed by atoms with van der Waals surface area (Å²) in [5, 5.41) is 43.7. The fourth-order valence-corrected chi connectivity index (χ4v) is 3.32. The van der Waals surface area contributed by atoms with Crippen LogP contribution in [0.25, 0.3) is 0 Å². The summed E-state index contributed by atoms with van der Waals surface area (Å²) in [4.78, 5) is 71.9. The molecule has 0 bridgehead atoms. The van der Waals surface area contributed by atoms with Gasteiger partial charge in [0, 0.05) is 6.42 Å². The number of nitrogens with one attached hydrogen (secondary N) is 3. The van der Waals surface area contributed by atoms with Gasteiger partial charge in [-0.15, -0.1) is 0 Å². The summed E-state index contributed by atoms with van der Waals surface area (Å²) < 4.78 is 0. The van der Waals surface area contributed by atoms with Gasteiger partial charge in [-0.2, -0.15) is 0 Å². The summed E-state index contributed by atoms with van der Waals surface area (Å²) in [5.74, 6) is -7.28. The Morgan fingerprint density at radius 1 is 0.737 bits per heavy atom. The van der Waals surface area contributed by atoms with Crippen molar-refractivity contribution in [3.05, 3.63) is 29.8 Å². The predicted molar refractivity (Wildman–Crippen MR) is 131 cm³/mol. The third-order valence-electron chi connectivity index (χ3n) is 5.31. The minimum Gasteiger partial charge on any atom is -0.508 e. The molecule has 210 valence electrons. The number of nitrogens with two attached hydrogens (primary N) is 2. The second-order valence-electron chi connectivity index (χ2n) is 8.48. The maximum Gasteiger partial charge on any atom is 0.326 e. The van der Waals surface area contributed by atoms with Crippen LogP contribution in [-0.4, -0.2) is 86.8 Å². The molecule has 11 N–H and O–H groups in total. The van der Waals surface area contributed by atoms with Crippen LogP contribution < -0.4 is 27.4 Å². The Hall–Kier alpha value is -4.24. The van der Waals surface area contributed by atoms with Crippen LogP contribution in [0.5, 0.6) is 5.75 Å². The molecule has 0 saturated heterocycles. The van der Waals surface area contributed by atoms with Gasteiger partial charge in [0.05, 0.1) is 18.9 Å². The summed E-state index contributed by atoms with van der Waals surface area (Å²) in [6.45, 7) is 0.280. The van der Waals surface area contributed by atoms with Crippen molar-refractivity contribution >= 4 is 35.6 Å². The first-order valence-corrected chi connectivity index (χ1v) is 11.6. The molecule has 1 aromatic rings. The number of hydrogen-bond donors (Lipinski definition) is 9. The molecule has 0 aliphatic rings. The molecular weight excluding hydrogens is 506 g/mol. The van der Waals surface area contributed by atoms with Gasteiger partial charge in [0.25, 0.3) is 0 Å². The molecule has 0 spiro atoms. The average molecular weight is 540 g/mol. The highest BCUT2D eigenvalue weighted by molar-refractivity contribution is 5.96. The van der Waals surface area contributed by atoms with Crippen molar-refractivity contribution in [3.63, 3.8) is 0 Å². The van der Waals surface area contributed by atoms with Gasteiger partial charge < -0.3 is 47.8 Å². The molecular formula is C23H33N5O10. The quantitative estimate of drug-likeness (QED) is 0.0961. The number of carbonyl (C=O) groups excluding carboxylic acids is 3. The molecule has 1 rings (SSSR count). The maximum atomic E-state index is 12.9. The Bertz CT molecular complexity index is 1000. The zero-order chi connectivity index (χ0) is 28.8. The number of hydrogen-bond acceptors (Lipinski definition) is 9. The molecule has 0 aromatic heterocycles. The molecule has 0 radical (unpaired) electrons. The lowest BCUT2D eigenvalue weighted by molar-refractivity contribution is -0.143. The summed E-state index contributed by atoms with van der Waals surface area (Å²) in [7, 11) is 0. The molecule has 0 aliphatic carbocycles. The van der Waals surface area contributed by atoms with E-state index < -0.39 is 72.6 Å². The Morgan fingerprint density at radius 2 is 1.26 bits per heavy atom. The minimum atomic E-state index is -1.71. The van der Waals surface area contributed by atoms with Crippen LogP contribution in [0.1, 0.15) is 37.7 Å². The molecule has 4 unspecified atom stereocenters. The van der Waals surface area contributed by atoms with Crippen LogP contribution in [0.15, 0.2) is 24.3 Å². The topological polar surface area (TPSA) is 271 Å². The van der Waals surface area contributed by atoms with E-state index in [0.29, 0.717) is 18.4 Å². The standard InChI is InChI=1S/C23H33N5O10/c24-8-2-1-3-15(26-20(34)14(25)10-18(30)31)21(35)27-16(11-19(32)33)22(36)28-17(23(37)38)9-12-4-6-13(29)7-5-12/h4-7,14-17,29H,1-3,8-11,24-25H2,(H,26,34)(H,27,35)(H,28,36)(H,30,31)(H,32,33)(H,37,38). The van der Waals surface area contributed by atoms with Gasteiger partial charge in [-0.1, -0.05) is 12.1 Å². The summed E-state index contributed by atoms with van der Waals surface area (Å²) in [5.41, 5.74) is 11.4. The van der Waals surface area contributed by atoms with Gasteiger partial charge in [-0.05, 0) is 43.5 Å². The van der Waals surface area contributed by atoms with Gasteiger partial charge in [0.2, 0.25) is 17.7 Å². The molecule has 0 saturated carbocycles. The number of carboxylic acid groups (broad SMARTS) is 3. The third-order valence-corrected chi connectivity index (χ3v) is 5.31. The van der Waals surface area contributed by atoms with Gasteiger partial charge >= 0.3 is 17.9 Å². The van der Waals surface area contributed by atoms with Crippen molar-refractivity contribution in [2.24, 2.45) is 11.5 Å². The van der Waals surface area contributed by atoms with Crippen LogP contribution in [0, 0.1) is 0 Å². The lowest BCUT2D eigenvalue weighted by atomic mass is 10.0. The Kier molecular flexibility index (Phi) is 13.2. The van der Waals surface area contributed by atoms with Gasteiger partial charge in [0.1, 0.15) is 23.9 Å². The van der Waals surface area contributed by atoms with Gasteiger partial charge in [0.15, 0.2) is 0 Å². The highest BCUT2D eigenvalue weighted by atomic mass is 16.4. The number of phenolic OH excluding ortho intramolecular Hbond substituents is 1. The highest BCUT2D eigenvalue weighted by Gasteiger charge is 2.31. The summed E-state index contributed by atoms with van der Waals surface area (Å²) in [6, 6.07) is -0.430. The number of rotatable bonds is 17. The number of unbranched alkanes of at least 4 members (excludes halogenated alkanes) is 1. The molecule has 15 heteroatoms. The molecule has 15 nitrogen and oxygen atoms in total. The first-order valence-electron chi connectivity index (χ1n) is 11.6. The number of benzene rings is 1. The highest BCUT2D eigenvalue weighted by Crippen LogP contribution is 2.12. The third kappa shape index (κ3) is 11.7. The van der Waals surface area contributed by atoms with Gasteiger partial charge in [-0.3, -0.25) is 24.0 Å². The van der Waals surface area contributed by atoms with E-state index in [9.17, 15) is 44.1 Å². The summed E-state index contributed by atoms with van der Waals surface area (Å²) >= 11 is 0. The van der Waals surface area contributed by atoms with E-state index in [-0.39, 0.29) is 25.1 Å². The van der Waals surface area contributed by atoms with Gasteiger partial charge in [-0.25, -0.2) is 4.79 Å². The SMILES string of the molecule is NCCCCC(NC(=O)C(N)CC(=O)O)C(=O)NC(CC(=O)O)C(=O)NC(Cc1ccc(O)cc1)C(=O)O. The van der Waals surface area contributed by atoms with Crippen molar-refractivity contribution in [3.8, 4) is 5.75 Å². The lowest BCUT2D eigenvalue weighted by Gasteiger charge is -2.24. The number of amides is 3. The Balaban J connectivity index is 3.03. The minimum absolute atomic E-state index is 0.0224. The van der Waals surface area contributed by atoms with E-state index in [1.165, 1.54) is 24.3 Å². The van der Waals surface area contributed by atoms with E-state index >= 15 is 0 Å². The van der Waals surface area contributed by atoms with Crippen LogP contribution in [0.2, 0.25) is 0 Å². The number of aromatic hydroxyl groups is 1. The normalized spacial score (nSPS) is 13.8. The van der Waals surface area contributed by atoms with Crippen molar-refractivity contribution in [1.29, 1.82) is 0 Å². The first kappa shape index (κ1) is 31.8. The molecule has 0 heterocycles. The van der Waals surface area contributed by atoms with Crippen LogP contribution in [0.3, 0.4) is 0 Å². The largest absolute Gasteiger partial charge is 0.508 e. The Labute approximate surface area is 217 Å². The second-order valence-corrected chi connectivity index (χ2v) is 8.48. The number of carbonyl (C=O) groups is 6. The molecule has 0 fully saturated rings.